The largest absolute Gasteiger partial charge is 0.396 e. The average molecular weight is 279 g/mol. The Kier molecular flexibility index (Phi) is 5.01. The second kappa shape index (κ2) is 5.59. The maximum Gasteiger partial charge on any atom is 0.350 e. The van der Waals surface area contributed by atoms with Crippen LogP contribution in [0.1, 0.15) is 41.0 Å². The first-order chi connectivity index (χ1) is 8.24. The molecular weight excluding hydrogens is 253 g/mol. The van der Waals surface area contributed by atoms with Crippen molar-refractivity contribution in [1.29, 1.82) is 0 Å². The highest BCUT2D eigenvalue weighted by molar-refractivity contribution is 7.55. The van der Waals surface area contributed by atoms with Crippen LogP contribution in [-0.4, -0.2) is 35.7 Å². The van der Waals surface area contributed by atoms with Crippen LogP contribution in [0.4, 0.5) is 0 Å². The Hall–Kier alpha value is 0.0700. The molecule has 2 N–H and O–H groups in total. The van der Waals surface area contributed by atoms with Gasteiger partial charge in [0.1, 0.15) is 5.28 Å². The minimum atomic E-state index is -3.23. The topological polar surface area (TPSA) is 67.8 Å². The van der Waals surface area contributed by atoms with Gasteiger partial charge < -0.3 is 14.2 Å². The number of aliphatic hydroxyl groups excluding tert-OH is 1. The molecule has 1 aliphatic rings. The van der Waals surface area contributed by atoms with Gasteiger partial charge in [0.05, 0.1) is 13.2 Å². The van der Waals surface area contributed by atoms with Gasteiger partial charge in [0.2, 0.25) is 0 Å². The number of aliphatic hydroxyl groups is 1. The Morgan fingerprint density at radius 2 is 1.78 bits per heavy atom. The molecule has 5 nitrogen and oxygen atoms in total. The second-order valence-electron chi connectivity index (χ2n) is 5.54. The zero-order valence-corrected chi connectivity index (χ0v) is 12.9. The molecule has 1 fully saturated rings. The fraction of sp³-hybridized carbons (Fsp3) is 1.00. The van der Waals surface area contributed by atoms with Crippen LogP contribution in [0.15, 0.2) is 0 Å². The maximum atomic E-state index is 12.9. The lowest BCUT2D eigenvalue weighted by Crippen LogP contribution is -2.47. The van der Waals surface area contributed by atoms with Crippen molar-refractivity contribution in [3.8, 4) is 0 Å². The molecule has 0 aromatic heterocycles. The minimum absolute atomic E-state index is 0.0386. The van der Waals surface area contributed by atoms with Crippen LogP contribution in [0, 0.1) is 5.92 Å². The third kappa shape index (κ3) is 2.81. The van der Waals surface area contributed by atoms with E-state index in [0.29, 0.717) is 19.6 Å². The highest BCUT2D eigenvalue weighted by Crippen LogP contribution is 2.64. The summed E-state index contributed by atoms with van der Waals surface area (Å²) in [4.78, 5) is 0. The van der Waals surface area contributed by atoms with Gasteiger partial charge >= 0.3 is 7.60 Å². The molecule has 108 valence electrons. The highest BCUT2D eigenvalue weighted by atomic mass is 31.2. The lowest BCUT2D eigenvalue weighted by Gasteiger charge is -2.34. The predicted molar refractivity (Wildman–Crippen MR) is 71.7 cm³/mol. The summed E-state index contributed by atoms with van der Waals surface area (Å²) in [5, 5.41) is 12.1. The van der Waals surface area contributed by atoms with Crippen molar-refractivity contribution in [1.82, 2.24) is 5.32 Å². The molecule has 0 spiro atoms. The van der Waals surface area contributed by atoms with Gasteiger partial charge in [0, 0.05) is 18.1 Å². The quantitative estimate of drug-likeness (QED) is 0.730. The minimum Gasteiger partial charge on any atom is -0.396 e. The van der Waals surface area contributed by atoms with Gasteiger partial charge in [-0.3, -0.25) is 9.88 Å². The molecule has 2 unspecified atom stereocenters. The molecule has 0 aliphatic carbocycles. The number of rotatable bonds is 6. The van der Waals surface area contributed by atoms with E-state index in [0.717, 1.165) is 0 Å². The van der Waals surface area contributed by atoms with E-state index >= 15 is 0 Å². The monoisotopic (exact) mass is 279 g/mol. The second-order valence-corrected chi connectivity index (χ2v) is 8.04. The molecule has 0 radical (unpaired) electrons. The fourth-order valence-electron chi connectivity index (χ4n) is 2.72. The standard InChI is InChI=1S/C12H26NO4P/c1-6-16-18(15,17-7-2)12(5)8-10(9-14)11(3,4)13-12/h10,13-14H,6-9H2,1-5H3. The Morgan fingerprint density at radius 1 is 1.28 bits per heavy atom. The number of hydrogen-bond donors (Lipinski definition) is 2. The number of hydrogen-bond acceptors (Lipinski definition) is 5. The van der Waals surface area contributed by atoms with E-state index < -0.39 is 12.9 Å². The lowest BCUT2D eigenvalue weighted by atomic mass is 9.90. The Labute approximate surface area is 110 Å². The molecule has 6 heteroatoms. The SMILES string of the molecule is CCOP(=O)(OCC)C1(C)CC(CO)C(C)(C)N1. The molecule has 1 rings (SSSR count). The molecule has 1 saturated heterocycles. The van der Waals surface area contributed by atoms with Gasteiger partial charge in [-0.05, 0) is 41.0 Å². The van der Waals surface area contributed by atoms with Gasteiger partial charge in [-0.25, -0.2) is 0 Å². The van der Waals surface area contributed by atoms with Gasteiger partial charge in [-0.15, -0.1) is 0 Å². The van der Waals surface area contributed by atoms with E-state index in [1.54, 1.807) is 13.8 Å². The molecule has 0 amide bonds. The third-order valence-corrected chi connectivity index (χ3v) is 6.38. The van der Waals surface area contributed by atoms with E-state index in [-0.39, 0.29) is 18.1 Å². The first kappa shape index (κ1) is 16.1. The van der Waals surface area contributed by atoms with Crippen LogP contribution >= 0.6 is 7.60 Å². The first-order valence-electron chi connectivity index (χ1n) is 6.54. The summed E-state index contributed by atoms with van der Waals surface area (Å²) in [6.45, 7) is 10.2. The van der Waals surface area contributed by atoms with E-state index in [2.05, 4.69) is 5.32 Å². The number of nitrogens with one attached hydrogen (secondary N) is 1. The van der Waals surface area contributed by atoms with E-state index in [4.69, 9.17) is 9.05 Å². The molecule has 1 aliphatic heterocycles. The van der Waals surface area contributed by atoms with Gasteiger partial charge in [-0.2, -0.15) is 0 Å². The molecular formula is C12H26NO4P. The van der Waals surface area contributed by atoms with Crippen molar-refractivity contribution < 1.29 is 18.7 Å². The van der Waals surface area contributed by atoms with Crippen molar-refractivity contribution >= 4 is 7.60 Å². The highest BCUT2D eigenvalue weighted by Gasteiger charge is 2.57. The van der Waals surface area contributed by atoms with E-state index in [9.17, 15) is 9.67 Å². The van der Waals surface area contributed by atoms with Crippen LogP contribution in [0.2, 0.25) is 0 Å². The summed E-state index contributed by atoms with van der Waals surface area (Å²) >= 11 is 0. The zero-order chi connectivity index (χ0) is 14.0. The Balaban J connectivity index is 3.02. The van der Waals surface area contributed by atoms with Crippen molar-refractivity contribution in [3.05, 3.63) is 0 Å². The average Bonchev–Trinajstić information content (AvgIpc) is 2.50. The van der Waals surface area contributed by atoms with Gasteiger partial charge in [0.25, 0.3) is 0 Å². The van der Waals surface area contributed by atoms with E-state index in [1.807, 2.05) is 20.8 Å². The van der Waals surface area contributed by atoms with Crippen molar-refractivity contribution in [3.63, 3.8) is 0 Å². The predicted octanol–water partition coefficient (Wildman–Crippen LogP) is 2.35. The van der Waals surface area contributed by atoms with Gasteiger partial charge in [0.15, 0.2) is 0 Å². The van der Waals surface area contributed by atoms with Crippen molar-refractivity contribution in [2.75, 3.05) is 19.8 Å². The van der Waals surface area contributed by atoms with Crippen LogP contribution in [0.25, 0.3) is 0 Å². The van der Waals surface area contributed by atoms with Gasteiger partial charge in [-0.1, -0.05) is 0 Å². The smallest absolute Gasteiger partial charge is 0.350 e. The summed E-state index contributed by atoms with van der Waals surface area (Å²) in [5.41, 5.74) is -0.284. The molecule has 0 aromatic rings. The van der Waals surface area contributed by atoms with E-state index in [1.165, 1.54) is 0 Å². The first-order valence-corrected chi connectivity index (χ1v) is 8.08. The summed E-state index contributed by atoms with van der Waals surface area (Å²) in [6.07, 6.45) is 0.577. The summed E-state index contributed by atoms with van der Waals surface area (Å²) in [6, 6.07) is 0. The van der Waals surface area contributed by atoms with Crippen molar-refractivity contribution in [2.24, 2.45) is 5.92 Å². The van der Waals surface area contributed by atoms with Crippen molar-refractivity contribution in [2.45, 2.75) is 51.9 Å². The van der Waals surface area contributed by atoms with Crippen LogP contribution in [0.3, 0.4) is 0 Å². The zero-order valence-electron chi connectivity index (χ0n) is 12.0. The summed E-state index contributed by atoms with van der Waals surface area (Å²) < 4.78 is 23.8. The summed E-state index contributed by atoms with van der Waals surface area (Å²) in [7, 11) is -3.23. The normalized spacial score (nSPS) is 31.8. The molecule has 18 heavy (non-hydrogen) atoms. The van der Waals surface area contributed by atoms with Crippen LogP contribution < -0.4 is 5.32 Å². The van der Waals surface area contributed by atoms with Crippen LogP contribution in [0.5, 0.6) is 0 Å². The maximum absolute atomic E-state index is 12.9. The third-order valence-electron chi connectivity index (χ3n) is 3.68. The molecule has 0 bridgehead atoms. The Bertz CT molecular complexity index is 324. The lowest BCUT2D eigenvalue weighted by molar-refractivity contribution is 0.181. The molecule has 0 saturated carbocycles. The molecule has 2 atom stereocenters. The Morgan fingerprint density at radius 3 is 2.11 bits per heavy atom. The fourth-order valence-corrected chi connectivity index (χ4v) is 4.91. The van der Waals surface area contributed by atoms with Crippen LogP contribution in [-0.2, 0) is 13.6 Å². The summed E-state index contributed by atoms with van der Waals surface area (Å²) in [5.74, 6) is 0.0386. The molecule has 0 aromatic carbocycles. The molecule has 1 heterocycles.